The van der Waals surface area contributed by atoms with Crippen molar-refractivity contribution in [3.63, 3.8) is 0 Å². The summed E-state index contributed by atoms with van der Waals surface area (Å²) in [7, 11) is 0. The van der Waals surface area contributed by atoms with E-state index in [9.17, 15) is 0 Å². The lowest BCUT2D eigenvalue weighted by molar-refractivity contribution is 0.629. The quantitative estimate of drug-likeness (QED) is 0.636. The van der Waals surface area contributed by atoms with Gasteiger partial charge in [-0.15, -0.1) is 0 Å². The van der Waals surface area contributed by atoms with Crippen LogP contribution in [0.15, 0.2) is 33.9 Å². The Morgan fingerprint density at radius 1 is 1.18 bits per heavy atom. The van der Waals surface area contributed by atoms with Gasteiger partial charge in [-0.1, -0.05) is 36.6 Å². The summed E-state index contributed by atoms with van der Waals surface area (Å²) < 4.78 is 0. The Labute approximate surface area is 173 Å². The van der Waals surface area contributed by atoms with Gasteiger partial charge in [0.15, 0.2) is 0 Å². The Morgan fingerprint density at radius 3 is 2.79 bits per heavy atom. The molecule has 5 heteroatoms. The molecule has 0 spiro atoms. The van der Waals surface area contributed by atoms with Gasteiger partial charge in [0.05, 0.1) is 0 Å². The van der Waals surface area contributed by atoms with Gasteiger partial charge >= 0.3 is 0 Å². The van der Waals surface area contributed by atoms with Gasteiger partial charge in [0.25, 0.3) is 0 Å². The average molecular weight is 399 g/mol. The molecule has 0 radical (unpaired) electrons. The summed E-state index contributed by atoms with van der Waals surface area (Å²) in [5, 5.41) is 0.534. The number of hydrogen-bond donors (Lipinski definition) is 1. The van der Waals surface area contributed by atoms with Crippen molar-refractivity contribution in [3.05, 3.63) is 44.7 Å². The van der Waals surface area contributed by atoms with Crippen LogP contribution in [0, 0.1) is 0 Å². The minimum atomic E-state index is 0.272. The highest BCUT2D eigenvalue weighted by molar-refractivity contribution is 6.30. The predicted molar refractivity (Wildman–Crippen MR) is 118 cm³/mol. The van der Waals surface area contributed by atoms with Crippen molar-refractivity contribution in [1.29, 1.82) is 0 Å². The molecule has 0 bridgehead atoms. The third kappa shape index (κ3) is 3.59. The average Bonchev–Trinajstić information content (AvgIpc) is 3.22. The lowest BCUT2D eigenvalue weighted by atomic mass is 9.90. The molecular weight excluding hydrogens is 368 g/mol. The van der Waals surface area contributed by atoms with Gasteiger partial charge < -0.3 is 10.6 Å². The second kappa shape index (κ2) is 7.90. The number of allylic oxidation sites excluding steroid dienone is 5. The minimum absolute atomic E-state index is 0.272. The molecule has 1 atom stereocenters. The van der Waals surface area contributed by atoms with Crippen LogP contribution in [0.1, 0.15) is 77.2 Å². The topological polar surface area (TPSA) is 55.0 Å². The third-order valence-electron chi connectivity index (χ3n) is 6.55. The standard InChI is InChI=1S/C23H31ClN4/c1-4-6-18-13-28(22-20(18)21(24)26-23(25)27-22)12-17-10-9-14(2)11-16-7-5-8-19(16)15(17)3/h11,18H,4-10,12-13H2,1-3H3,(H2,25,26,27). The van der Waals surface area contributed by atoms with Gasteiger partial charge in [0.2, 0.25) is 5.95 Å². The lowest BCUT2D eigenvalue weighted by Crippen LogP contribution is -2.26. The van der Waals surface area contributed by atoms with E-state index in [-0.39, 0.29) is 5.95 Å². The summed E-state index contributed by atoms with van der Waals surface area (Å²) in [4.78, 5) is 11.2. The molecule has 1 unspecified atom stereocenters. The Bertz CT molecular complexity index is 881. The zero-order valence-electron chi connectivity index (χ0n) is 17.3. The molecule has 2 N–H and O–H groups in total. The zero-order chi connectivity index (χ0) is 19.8. The van der Waals surface area contributed by atoms with E-state index in [4.69, 9.17) is 17.3 Å². The van der Waals surface area contributed by atoms with E-state index in [1.165, 1.54) is 30.4 Å². The molecule has 2 heterocycles. The highest BCUT2D eigenvalue weighted by Crippen LogP contribution is 2.43. The largest absolute Gasteiger partial charge is 0.368 e. The van der Waals surface area contributed by atoms with E-state index in [0.29, 0.717) is 11.1 Å². The summed E-state index contributed by atoms with van der Waals surface area (Å²) in [5.74, 6) is 1.62. The molecule has 4 rings (SSSR count). The minimum Gasteiger partial charge on any atom is -0.368 e. The highest BCUT2D eigenvalue weighted by Gasteiger charge is 2.33. The number of fused-ring (bicyclic) bond motifs is 1. The lowest BCUT2D eigenvalue weighted by Gasteiger charge is -2.25. The maximum absolute atomic E-state index is 6.50. The smallest absolute Gasteiger partial charge is 0.223 e. The zero-order valence-corrected chi connectivity index (χ0v) is 18.1. The van der Waals surface area contributed by atoms with Gasteiger partial charge in [-0.2, -0.15) is 4.98 Å². The first kappa shape index (κ1) is 19.5. The molecule has 1 aromatic heterocycles. The molecule has 0 saturated carbocycles. The van der Waals surface area contributed by atoms with Crippen LogP contribution in [0.3, 0.4) is 0 Å². The molecule has 4 nitrogen and oxygen atoms in total. The fourth-order valence-corrected chi connectivity index (χ4v) is 5.43. The van der Waals surface area contributed by atoms with Gasteiger partial charge in [0.1, 0.15) is 11.0 Å². The van der Waals surface area contributed by atoms with E-state index < -0.39 is 0 Å². The van der Waals surface area contributed by atoms with Crippen molar-refractivity contribution in [2.45, 2.75) is 71.6 Å². The van der Waals surface area contributed by atoms with Gasteiger partial charge in [-0.3, -0.25) is 0 Å². The van der Waals surface area contributed by atoms with Gasteiger partial charge in [-0.25, -0.2) is 4.98 Å². The van der Waals surface area contributed by atoms with E-state index in [0.717, 1.165) is 50.2 Å². The first-order valence-corrected chi connectivity index (χ1v) is 11.0. The molecule has 1 aromatic rings. The maximum atomic E-state index is 6.50. The SMILES string of the molecule is CCCC1CN(CC2=C(C)C3=C(C=C(C)CC2)CCC3)c2nc(N)nc(Cl)c21. The summed E-state index contributed by atoms with van der Waals surface area (Å²) in [6.07, 6.45) is 10.6. The summed E-state index contributed by atoms with van der Waals surface area (Å²) in [5.41, 5.74) is 14.7. The summed E-state index contributed by atoms with van der Waals surface area (Å²) in [6.45, 7) is 8.69. The highest BCUT2D eigenvalue weighted by atomic mass is 35.5. The number of nitrogen functional groups attached to an aromatic ring is 1. The molecule has 28 heavy (non-hydrogen) atoms. The van der Waals surface area contributed by atoms with Crippen LogP contribution in [-0.4, -0.2) is 23.1 Å². The molecule has 150 valence electrons. The van der Waals surface area contributed by atoms with Crippen molar-refractivity contribution >= 4 is 23.4 Å². The monoisotopic (exact) mass is 398 g/mol. The van der Waals surface area contributed by atoms with Gasteiger partial charge in [0, 0.05) is 24.6 Å². The van der Waals surface area contributed by atoms with Crippen LogP contribution in [0.25, 0.3) is 0 Å². The van der Waals surface area contributed by atoms with E-state index in [1.807, 2.05) is 0 Å². The van der Waals surface area contributed by atoms with Gasteiger partial charge in [-0.05, 0) is 74.7 Å². The molecule has 3 aliphatic rings. The Hall–Kier alpha value is -1.81. The molecule has 2 aliphatic carbocycles. The Kier molecular flexibility index (Phi) is 5.50. The van der Waals surface area contributed by atoms with Crippen molar-refractivity contribution in [3.8, 4) is 0 Å². The number of nitrogens with two attached hydrogens (primary N) is 1. The molecular formula is C23H31ClN4. The van der Waals surface area contributed by atoms with E-state index in [2.05, 4.69) is 41.7 Å². The molecule has 0 fully saturated rings. The predicted octanol–water partition coefficient (Wildman–Crippen LogP) is 5.95. The van der Waals surface area contributed by atoms with Crippen molar-refractivity contribution in [2.24, 2.45) is 0 Å². The van der Waals surface area contributed by atoms with Crippen molar-refractivity contribution in [1.82, 2.24) is 9.97 Å². The van der Waals surface area contributed by atoms with Crippen LogP contribution in [0.4, 0.5) is 11.8 Å². The number of halogens is 1. The Balaban J connectivity index is 1.69. The molecule has 0 amide bonds. The summed E-state index contributed by atoms with van der Waals surface area (Å²) in [6, 6.07) is 0. The Morgan fingerprint density at radius 2 is 2.00 bits per heavy atom. The number of anilines is 2. The third-order valence-corrected chi connectivity index (χ3v) is 6.84. The van der Waals surface area contributed by atoms with Crippen LogP contribution in [0.2, 0.25) is 5.15 Å². The van der Waals surface area contributed by atoms with Crippen LogP contribution in [-0.2, 0) is 0 Å². The normalized spacial score (nSPS) is 22.2. The van der Waals surface area contributed by atoms with Crippen molar-refractivity contribution < 1.29 is 0 Å². The molecule has 1 aliphatic heterocycles. The maximum Gasteiger partial charge on any atom is 0.223 e. The first-order chi connectivity index (χ1) is 13.5. The first-order valence-electron chi connectivity index (χ1n) is 10.6. The van der Waals surface area contributed by atoms with E-state index >= 15 is 0 Å². The number of rotatable bonds is 4. The number of hydrogen-bond acceptors (Lipinski definition) is 4. The second-order valence-corrected chi connectivity index (χ2v) is 8.91. The number of aromatic nitrogens is 2. The fourth-order valence-electron chi connectivity index (χ4n) is 5.11. The fraction of sp³-hybridized carbons (Fsp3) is 0.565. The second-order valence-electron chi connectivity index (χ2n) is 8.55. The molecule has 0 saturated heterocycles. The summed E-state index contributed by atoms with van der Waals surface area (Å²) >= 11 is 6.50. The van der Waals surface area contributed by atoms with Crippen molar-refractivity contribution in [2.75, 3.05) is 23.7 Å². The molecule has 0 aromatic carbocycles. The van der Waals surface area contributed by atoms with E-state index in [1.54, 1.807) is 16.7 Å². The number of nitrogens with zero attached hydrogens (tertiary/aromatic N) is 3. The van der Waals surface area contributed by atoms with Crippen LogP contribution >= 0.6 is 11.6 Å². The van der Waals surface area contributed by atoms with Crippen LogP contribution < -0.4 is 10.6 Å². The van der Waals surface area contributed by atoms with Crippen LogP contribution in [0.5, 0.6) is 0 Å².